The van der Waals surface area contributed by atoms with Gasteiger partial charge in [-0.3, -0.25) is 0 Å². The van der Waals surface area contributed by atoms with E-state index in [4.69, 9.17) is 10.00 Å². The zero-order chi connectivity index (χ0) is 9.97. The third kappa shape index (κ3) is 1.46. The van der Waals surface area contributed by atoms with Crippen molar-refractivity contribution in [2.45, 2.75) is 25.7 Å². The van der Waals surface area contributed by atoms with Gasteiger partial charge in [0, 0.05) is 5.56 Å². The molecule has 72 valence electrons. The topological polar surface area (TPSA) is 33.0 Å². The molecule has 1 heterocycles. The van der Waals surface area contributed by atoms with E-state index in [0.29, 0.717) is 0 Å². The van der Waals surface area contributed by atoms with Crippen LogP contribution in [-0.2, 0) is 0 Å². The van der Waals surface area contributed by atoms with Crippen molar-refractivity contribution in [3.05, 3.63) is 29.3 Å². The molecule has 0 amide bonds. The fourth-order valence-electron chi connectivity index (χ4n) is 1.90. The molecule has 1 unspecified atom stereocenters. The van der Waals surface area contributed by atoms with Crippen LogP contribution in [0.15, 0.2) is 18.2 Å². The largest absolute Gasteiger partial charge is 0.493 e. The van der Waals surface area contributed by atoms with Gasteiger partial charge >= 0.3 is 0 Å². The number of rotatable bonds is 0. The van der Waals surface area contributed by atoms with Crippen LogP contribution in [0.3, 0.4) is 0 Å². The summed E-state index contributed by atoms with van der Waals surface area (Å²) in [5.41, 5.74) is 2.19. The van der Waals surface area contributed by atoms with Crippen LogP contribution in [0, 0.1) is 18.3 Å². The molecule has 1 aliphatic rings. The van der Waals surface area contributed by atoms with Crippen molar-refractivity contribution in [1.29, 1.82) is 5.26 Å². The highest BCUT2D eigenvalue weighted by Crippen LogP contribution is 2.34. The first-order valence-corrected chi connectivity index (χ1v) is 4.95. The number of para-hydroxylation sites is 1. The Morgan fingerprint density at radius 3 is 3.14 bits per heavy atom. The van der Waals surface area contributed by atoms with Crippen molar-refractivity contribution >= 4 is 0 Å². The van der Waals surface area contributed by atoms with E-state index in [2.05, 4.69) is 6.07 Å². The van der Waals surface area contributed by atoms with Gasteiger partial charge in [0.1, 0.15) is 5.75 Å². The van der Waals surface area contributed by atoms with Gasteiger partial charge in [-0.25, -0.2) is 0 Å². The molecule has 0 spiro atoms. The molecule has 1 aromatic rings. The highest BCUT2D eigenvalue weighted by atomic mass is 16.5. The van der Waals surface area contributed by atoms with Gasteiger partial charge in [-0.05, 0) is 25.3 Å². The summed E-state index contributed by atoms with van der Waals surface area (Å²) in [4.78, 5) is 0. The molecule has 0 aliphatic carbocycles. The summed E-state index contributed by atoms with van der Waals surface area (Å²) in [5.74, 6) is 0.934. The normalized spacial score (nSPS) is 20.1. The lowest BCUT2D eigenvalue weighted by Crippen LogP contribution is -1.97. The molecule has 1 aromatic carbocycles. The summed E-state index contributed by atoms with van der Waals surface area (Å²) in [6.45, 7) is 2.76. The average molecular weight is 187 g/mol. The second kappa shape index (κ2) is 3.71. The number of hydrogen-bond donors (Lipinski definition) is 0. The van der Waals surface area contributed by atoms with Crippen molar-refractivity contribution in [2.24, 2.45) is 0 Å². The number of aryl methyl sites for hydroxylation is 1. The Balaban J connectivity index is 2.51. The maximum absolute atomic E-state index is 9.05. The van der Waals surface area contributed by atoms with Crippen LogP contribution >= 0.6 is 0 Å². The quantitative estimate of drug-likeness (QED) is 0.625. The zero-order valence-electron chi connectivity index (χ0n) is 8.29. The van der Waals surface area contributed by atoms with Crippen LogP contribution in [0.5, 0.6) is 5.75 Å². The molecular formula is C12H13NO. The van der Waals surface area contributed by atoms with Gasteiger partial charge < -0.3 is 4.74 Å². The Kier molecular flexibility index (Phi) is 2.41. The lowest BCUT2D eigenvalue weighted by atomic mass is 9.94. The predicted molar refractivity (Wildman–Crippen MR) is 54.3 cm³/mol. The van der Waals surface area contributed by atoms with E-state index < -0.39 is 0 Å². The molecule has 0 saturated carbocycles. The first-order chi connectivity index (χ1) is 6.83. The number of fused-ring (bicyclic) bond motifs is 1. The van der Waals surface area contributed by atoms with Crippen LogP contribution < -0.4 is 4.74 Å². The van der Waals surface area contributed by atoms with E-state index in [-0.39, 0.29) is 5.92 Å². The monoisotopic (exact) mass is 187 g/mol. The number of nitrogens with zero attached hydrogens (tertiary/aromatic N) is 1. The summed E-state index contributed by atoms with van der Waals surface area (Å²) < 4.78 is 5.66. The number of hydrogen-bond acceptors (Lipinski definition) is 2. The Morgan fingerprint density at radius 2 is 2.36 bits per heavy atom. The maximum Gasteiger partial charge on any atom is 0.126 e. The molecule has 0 aromatic heterocycles. The first-order valence-electron chi connectivity index (χ1n) is 4.95. The Hall–Kier alpha value is -1.49. The third-order valence-corrected chi connectivity index (χ3v) is 2.66. The molecule has 0 N–H and O–H groups in total. The predicted octanol–water partition coefficient (Wildman–Crippen LogP) is 2.77. The van der Waals surface area contributed by atoms with E-state index in [0.717, 1.165) is 36.3 Å². The van der Waals surface area contributed by atoms with Crippen LogP contribution in [-0.4, -0.2) is 6.61 Å². The molecule has 0 saturated heterocycles. The molecule has 2 heteroatoms. The molecule has 1 aliphatic heterocycles. The summed E-state index contributed by atoms with van der Waals surface area (Å²) in [6.07, 6.45) is 1.87. The minimum atomic E-state index is 0.00685. The second-order valence-corrected chi connectivity index (χ2v) is 3.67. The van der Waals surface area contributed by atoms with E-state index in [1.165, 1.54) is 0 Å². The molecule has 2 nitrogen and oxygen atoms in total. The minimum Gasteiger partial charge on any atom is -0.493 e. The van der Waals surface area contributed by atoms with E-state index in [1.54, 1.807) is 0 Å². The van der Waals surface area contributed by atoms with Gasteiger partial charge in [-0.15, -0.1) is 0 Å². The Morgan fingerprint density at radius 1 is 1.50 bits per heavy atom. The molecule has 0 radical (unpaired) electrons. The summed E-state index contributed by atoms with van der Waals surface area (Å²) in [7, 11) is 0. The summed E-state index contributed by atoms with van der Waals surface area (Å²) >= 11 is 0. The highest BCUT2D eigenvalue weighted by molar-refractivity contribution is 5.45. The van der Waals surface area contributed by atoms with E-state index in [1.807, 2.05) is 25.1 Å². The summed E-state index contributed by atoms with van der Waals surface area (Å²) in [5, 5.41) is 9.05. The number of ether oxygens (including phenoxy) is 1. The van der Waals surface area contributed by atoms with Gasteiger partial charge in [0.2, 0.25) is 0 Å². The van der Waals surface area contributed by atoms with Crippen LogP contribution in [0.1, 0.15) is 29.9 Å². The number of nitriles is 1. The lowest BCUT2D eigenvalue weighted by Gasteiger charge is -2.11. The van der Waals surface area contributed by atoms with Crippen LogP contribution in [0.2, 0.25) is 0 Å². The van der Waals surface area contributed by atoms with Gasteiger partial charge in [0.25, 0.3) is 0 Å². The molecule has 2 rings (SSSR count). The van der Waals surface area contributed by atoms with Crippen molar-refractivity contribution in [2.75, 3.05) is 6.61 Å². The molecule has 0 fully saturated rings. The fraction of sp³-hybridized carbons (Fsp3) is 0.417. The van der Waals surface area contributed by atoms with Gasteiger partial charge in [0.15, 0.2) is 0 Å². The van der Waals surface area contributed by atoms with E-state index >= 15 is 0 Å². The van der Waals surface area contributed by atoms with Crippen molar-refractivity contribution in [3.63, 3.8) is 0 Å². The average Bonchev–Trinajstić information content (AvgIpc) is 2.40. The Labute approximate surface area is 84.1 Å². The SMILES string of the molecule is Cc1cccc2c1OCCCC2C#N. The zero-order valence-corrected chi connectivity index (χ0v) is 8.29. The van der Waals surface area contributed by atoms with Crippen LogP contribution in [0.4, 0.5) is 0 Å². The van der Waals surface area contributed by atoms with Gasteiger partial charge in [0.05, 0.1) is 18.6 Å². The number of benzene rings is 1. The Bertz CT molecular complexity index is 378. The molecule has 14 heavy (non-hydrogen) atoms. The highest BCUT2D eigenvalue weighted by Gasteiger charge is 2.19. The van der Waals surface area contributed by atoms with Crippen molar-refractivity contribution in [3.8, 4) is 11.8 Å². The maximum atomic E-state index is 9.05. The first kappa shape index (κ1) is 9.08. The van der Waals surface area contributed by atoms with Crippen molar-refractivity contribution in [1.82, 2.24) is 0 Å². The van der Waals surface area contributed by atoms with Gasteiger partial charge in [-0.1, -0.05) is 18.2 Å². The summed E-state index contributed by atoms with van der Waals surface area (Å²) in [6, 6.07) is 8.37. The minimum absolute atomic E-state index is 0.00685. The van der Waals surface area contributed by atoms with Crippen molar-refractivity contribution < 1.29 is 4.74 Å². The molecule has 0 bridgehead atoms. The fourth-order valence-corrected chi connectivity index (χ4v) is 1.90. The standard InChI is InChI=1S/C12H13NO/c1-9-4-2-6-11-10(8-13)5-3-7-14-12(9)11/h2,4,6,10H,3,5,7H2,1H3. The van der Waals surface area contributed by atoms with Gasteiger partial charge in [-0.2, -0.15) is 5.26 Å². The second-order valence-electron chi connectivity index (χ2n) is 3.67. The van der Waals surface area contributed by atoms with Crippen LogP contribution in [0.25, 0.3) is 0 Å². The lowest BCUT2D eigenvalue weighted by molar-refractivity contribution is 0.314. The smallest absolute Gasteiger partial charge is 0.126 e. The molecule has 1 atom stereocenters. The molecular weight excluding hydrogens is 174 g/mol. The third-order valence-electron chi connectivity index (χ3n) is 2.66. The van der Waals surface area contributed by atoms with E-state index in [9.17, 15) is 0 Å².